The molecule has 0 atom stereocenters. The molecule has 0 aliphatic heterocycles. The van der Waals surface area contributed by atoms with Gasteiger partial charge in [0.2, 0.25) is 5.95 Å². The summed E-state index contributed by atoms with van der Waals surface area (Å²) in [5.74, 6) is 5.15. The van der Waals surface area contributed by atoms with Crippen molar-refractivity contribution < 1.29 is 13.5 Å². The molecule has 0 unspecified atom stereocenters. The minimum atomic E-state index is -3.77. The number of sulfonamides is 1. The lowest BCUT2D eigenvalue weighted by Gasteiger charge is -2.07. The van der Waals surface area contributed by atoms with Gasteiger partial charge in [0, 0.05) is 18.0 Å². The van der Waals surface area contributed by atoms with E-state index < -0.39 is 10.0 Å². The van der Waals surface area contributed by atoms with E-state index >= 15 is 0 Å². The summed E-state index contributed by atoms with van der Waals surface area (Å²) < 4.78 is 26.7. The zero-order chi connectivity index (χ0) is 13.7. The van der Waals surface area contributed by atoms with E-state index in [0.717, 1.165) is 0 Å². The molecule has 0 aliphatic rings. The van der Waals surface area contributed by atoms with E-state index in [1.54, 1.807) is 18.2 Å². The van der Waals surface area contributed by atoms with Crippen LogP contribution in [0.15, 0.2) is 41.6 Å². The molecular formula is C12H11N3O3S. The number of aliphatic hydroxyl groups excluding tert-OH is 1. The SMILES string of the molecule is O=S(=O)(Nc1ncc[nH]1)c1ccccc1C#CCO. The molecule has 0 spiro atoms. The number of hydrogen-bond acceptors (Lipinski definition) is 4. The van der Waals surface area contributed by atoms with Crippen molar-refractivity contribution in [3.05, 3.63) is 42.2 Å². The minimum absolute atomic E-state index is 0.0346. The van der Waals surface area contributed by atoms with Gasteiger partial charge in [-0.15, -0.1) is 0 Å². The number of aromatic amines is 1. The standard InChI is InChI=1S/C12H11N3O3S/c16-9-3-5-10-4-1-2-6-11(10)19(17,18)15-12-13-7-8-14-12/h1-2,4,6-8,16H,9H2,(H2,13,14,15). The molecule has 1 aromatic carbocycles. The van der Waals surface area contributed by atoms with Crippen LogP contribution in [0.3, 0.4) is 0 Å². The number of rotatable bonds is 3. The highest BCUT2D eigenvalue weighted by Gasteiger charge is 2.18. The van der Waals surface area contributed by atoms with Gasteiger partial charge in [-0.05, 0) is 12.1 Å². The van der Waals surface area contributed by atoms with Gasteiger partial charge < -0.3 is 10.1 Å². The van der Waals surface area contributed by atoms with E-state index in [1.807, 2.05) is 0 Å². The second-order valence-electron chi connectivity index (χ2n) is 3.50. The largest absolute Gasteiger partial charge is 0.384 e. The second-order valence-corrected chi connectivity index (χ2v) is 5.15. The Labute approximate surface area is 110 Å². The first-order valence-corrected chi connectivity index (χ1v) is 6.83. The van der Waals surface area contributed by atoms with Crippen LogP contribution in [0, 0.1) is 11.8 Å². The molecule has 7 heteroatoms. The average Bonchev–Trinajstić information content (AvgIpc) is 2.88. The maximum atomic E-state index is 12.2. The molecule has 0 saturated heterocycles. The molecule has 3 N–H and O–H groups in total. The molecular weight excluding hydrogens is 266 g/mol. The van der Waals surface area contributed by atoms with E-state index in [0.29, 0.717) is 5.56 Å². The van der Waals surface area contributed by atoms with Gasteiger partial charge in [0.25, 0.3) is 10.0 Å². The molecule has 0 bridgehead atoms. The lowest BCUT2D eigenvalue weighted by Crippen LogP contribution is -2.15. The van der Waals surface area contributed by atoms with Gasteiger partial charge in [0.1, 0.15) is 11.5 Å². The quantitative estimate of drug-likeness (QED) is 0.714. The van der Waals surface area contributed by atoms with Crippen LogP contribution < -0.4 is 4.72 Å². The molecule has 1 heterocycles. The summed E-state index contributed by atoms with van der Waals surface area (Å²) in [6, 6.07) is 6.28. The third-order valence-electron chi connectivity index (χ3n) is 2.21. The van der Waals surface area contributed by atoms with Crippen LogP contribution in [0.4, 0.5) is 5.95 Å². The third-order valence-corrected chi connectivity index (χ3v) is 3.61. The van der Waals surface area contributed by atoms with Crippen molar-refractivity contribution in [2.75, 3.05) is 11.3 Å². The van der Waals surface area contributed by atoms with Gasteiger partial charge in [-0.3, -0.25) is 0 Å². The molecule has 0 fully saturated rings. The summed E-state index contributed by atoms with van der Waals surface area (Å²) in [7, 11) is -3.77. The third kappa shape index (κ3) is 3.13. The highest BCUT2D eigenvalue weighted by Crippen LogP contribution is 2.17. The number of H-pyrrole nitrogens is 1. The van der Waals surface area contributed by atoms with Crippen LogP contribution in [0.5, 0.6) is 0 Å². The summed E-state index contributed by atoms with van der Waals surface area (Å²) in [6.45, 7) is -0.333. The van der Waals surface area contributed by atoms with E-state index in [-0.39, 0.29) is 17.5 Å². The van der Waals surface area contributed by atoms with E-state index in [2.05, 4.69) is 26.5 Å². The predicted molar refractivity (Wildman–Crippen MR) is 69.8 cm³/mol. The van der Waals surface area contributed by atoms with Gasteiger partial charge in [0.05, 0.1) is 0 Å². The van der Waals surface area contributed by atoms with Gasteiger partial charge in [-0.25, -0.2) is 18.1 Å². The first-order valence-electron chi connectivity index (χ1n) is 5.34. The number of anilines is 1. The summed E-state index contributed by atoms with van der Waals surface area (Å²) in [6.07, 6.45) is 2.95. The number of nitrogens with zero attached hydrogens (tertiary/aromatic N) is 1. The summed E-state index contributed by atoms with van der Waals surface area (Å²) >= 11 is 0. The fourth-order valence-electron chi connectivity index (χ4n) is 1.44. The van der Waals surface area contributed by atoms with Gasteiger partial charge >= 0.3 is 0 Å². The van der Waals surface area contributed by atoms with Crippen LogP contribution in [0.25, 0.3) is 0 Å². The first-order chi connectivity index (χ1) is 9.13. The Kier molecular flexibility index (Phi) is 3.85. The van der Waals surface area contributed by atoms with Crippen molar-refractivity contribution in [1.29, 1.82) is 0 Å². The lowest BCUT2D eigenvalue weighted by molar-refractivity contribution is 0.350. The molecule has 1 aromatic heterocycles. The van der Waals surface area contributed by atoms with Crippen LogP contribution in [-0.2, 0) is 10.0 Å². The molecule has 19 heavy (non-hydrogen) atoms. The molecule has 0 radical (unpaired) electrons. The predicted octanol–water partition coefficient (Wildman–Crippen LogP) is 0.554. The van der Waals surface area contributed by atoms with Crippen molar-refractivity contribution in [2.24, 2.45) is 0 Å². The number of aromatic nitrogens is 2. The molecule has 2 rings (SSSR count). The summed E-state index contributed by atoms with van der Waals surface area (Å²) in [5.41, 5.74) is 0.315. The maximum absolute atomic E-state index is 12.2. The van der Waals surface area contributed by atoms with Crippen molar-refractivity contribution in [3.8, 4) is 11.8 Å². The van der Waals surface area contributed by atoms with Crippen LogP contribution in [0.1, 0.15) is 5.56 Å². The molecule has 0 saturated carbocycles. The highest BCUT2D eigenvalue weighted by molar-refractivity contribution is 7.92. The van der Waals surface area contributed by atoms with Gasteiger partial charge in [-0.1, -0.05) is 24.0 Å². The van der Waals surface area contributed by atoms with E-state index in [9.17, 15) is 8.42 Å². The lowest BCUT2D eigenvalue weighted by atomic mass is 10.2. The molecule has 98 valence electrons. The van der Waals surface area contributed by atoms with Crippen LogP contribution in [0.2, 0.25) is 0 Å². The second kappa shape index (κ2) is 5.56. The Morgan fingerprint density at radius 1 is 1.37 bits per heavy atom. The number of aliphatic hydroxyl groups is 1. The molecule has 0 aliphatic carbocycles. The fourth-order valence-corrected chi connectivity index (χ4v) is 2.58. The van der Waals surface area contributed by atoms with E-state index in [1.165, 1.54) is 18.5 Å². The smallest absolute Gasteiger partial charge is 0.265 e. The number of imidazole rings is 1. The Hall–Kier alpha value is -2.30. The molecule has 6 nitrogen and oxygen atoms in total. The van der Waals surface area contributed by atoms with Gasteiger partial charge in [-0.2, -0.15) is 0 Å². The van der Waals surface area contributed by atoms with Crippen molar-refractivity contribution in [2.45, 2.75) is 4.90 Å². The monoisotopic (exact) mass is 277 g/mol. The Balaban J connectivity index is 2.40. The van der Waals surface area contributed by atoms with Crippen LogP contribution >= 0.6 is 0 Å². The Morgan fingerprint density at radius 2 is 2.16 bits per heavy atom. The van der Waals surface area contributed by atoms with Crippen LogP contribution in [-0.4, -0.2) is 30.1 Å². The summed E-state index contributed by atoms with van der Waals surface area (Å²) in [4.78, 5) is 6.48. The number of benzene rings is 1. The number of hydrogen-bond donors (Lipinski definition) is 3. The average molecular weight is 277 g/mol. The Bertz CT molecular complexity index is 712. The van der Waals surface area contributed by atoms with Crippen molar-refractivity contribution in [1.82, 2.24) is 9.97 Å². The van der Waals surface area contributed by atoms with Gasteiger partial charge in [0.15, 0.2) is 0 Å². The van der Waals surface area contributed by atoms with Crippen molar-refractivity contribution in [3.63, 3.8) is 0 Å². The topological polar surface area (TPSA) is 95.1 Å². The maximum Gasteiger partial charge on any atom is 0.265 e. The number of nitrogens with one attached hydrogen (secondary N) is 2. The zero-order valence-corrected chi connectivity index (χ0v) is 10.6. The fraction of sp³-hybridized carbons (Fsp3) is 0.0833. The highest BCUT2D eigenvalue weighted by atomic mass is 32.2. The summed E-state index contributed by atoms with van der Waals surface area (Å²) in [5, 5.41) is 8.68. The minimum Gasteiger partial charge on any atom is -0.384 e. The molecule has 2 aromatic rings. The first kappa shape index (κ1) is 13.1. The Morgan fingerprint density at radius 3 is 2.84 bits per heavy atom. The molecule has 0 amide bonds. The zero-order valence-electron chi connectivity index (χ0n) is 9.79. The van der Waals surface area contributed by atoms with Crippen molar-refractivity contribution >= 4 is 16.0 Å². The van der Waals surface area contributed by atoms with E-state index in [4.69, 9.17) is 5.11 Å². The normalized spacial score (nSPS) is 10.6.